The number of likely N-dealkylation sites (tertiary alicyclic amines) is 1. The van der Waals surface area contributed by atoms with E-state index in [1.807, 2.05) is 12.1 Å². The minimum absolute atomic E-state index is 0.0239. The highest BCUT2D eigenvalue weighted by molar-refractivity contribution is 7.89. The van der Waals surface area contributed by atoms with Crippen molar-refractivity contribution in [2.75, 3.05) is 32.7 Å². The number of amides is 3. The maximum atomic E-state index is 14.0. The van der Waals surface area contributed by atoms with Crippen LogP contribution >= 0.6 is 0 Å². The van der Waals surface area contributed by atoms with E-state index in [-0.39, 0.29) is 48.0 Å². The van der Waals surface area contributed by atoms with E-state index in [0.29, 0.717) is 31.3 Å². The van der Waals surface area contributed by atoms with Crippen LogP contribution in [-0.4, -0.2) is 92.5 Å². The van der Waals surface area contributed by atoms with Crippen LogP contribution in [0.3, 0.4) is 0 Å². The molecule has 254 valence electrons. The van der Waals surface area contributed by atoms with Gasteiger partial charge in [-0.25, -0.2) is 8.42 Å². The van der Waals surface area contributed by atoms with Crippen LogP contribution in [0.25, 0.3) is 10.8 Å². The molecule has 14 heteroatoms. The number of rotatable bonds is 14. The molecular formula is C34H41N7O6S. The van der Waals surface area contributed by atoms with E-state index in [2.05, 4.69) is 15.4 Å². The van der Waals surface area contributed by atoms with E-state index in [9.17, 15) is 27.6 Å². The molecule has 5 rings (SSSR count). The van der Waals surface area contributed by atoms with Crippen LogP contribution in [0.15, 0.2) is 77.7 Å². The lowest BCUT2D eigenvalue weighted by Gasteiger charge is -2.33. The number of carbonyl (C=O) groups excluding carboxylic acids is 4. The van der Waals surface area contributed by atoms with Gasteiger partial charge in [0.05, 0.1) is 11.3 Å². The average Bonchev–Trinajstić information content (AvgIpc) is 3.94. The summed E-state index contributed by atoms with van der Waals surface area (Å²) in [5.74, 6) is -2.61. The molecule has 3 aromatic carbocycles. The highest BCUT2D eigenvalue weighted by atomic mass is 32.2. The lowest BCUT2D eigenvalue weighted by Crippen LogP contribution is -2.53. The third kappa shape index (κ3) is 8.95. The third-order valence-corrected chi connectivity index (χ3v) is 10.1. The quantitative estimate of drug-likeness (QED) is 0.0735. The van der Waals surface area contributed by atoms with Crippen molar-refractivity contribution in [2.24, 2.45) is 11.7 Å². The Morgan fingerprint density at radius 3 is 2.35 bits per heavy atom. The number of piperidine rings is 1. The number of hydrogen-bond acceptors (Lipinski definition) is 7. The zero-order valence-electron chi connectivity index (χ0n) is 26.6. The topological polar surface area (TPSA) is 195 Å². The standard InChI is InChI=1S/C34H41N7O6S/c35-34(36)40-17-6-7-23(22-40)21-38-30(42)20-29(39-48(46,47)28-15-12-24-8-4-5-11-26(24)19-28)33(45)41(27-13-14-27)18-16-37-32(44)31(43)25-9-2-1-3-10-25/h1-5,8-12,15,19,23,27,29,39H,6-7,13-14,16-18,20-22H2,(H3,35,36)(H,37,44)(H,38,42)/t23-,29-/m0/s1. The molecule has 0 spiro atoms. The van der Waals surface area contributed by atoms with Crippen LogP contribution in [-0.2, 0) is 24.4 Å². The summed E-state index contributed by atoms with van der Waals surface area (Å²) < 4.78 is 29.8. The van der Waals surface area contributed by atoms with Gasteiger partial charge in [0.2, 0.25) is 27.6 Å². The third-order valence-electron chi connectivity index (χ3n) is 8.62. The fourth-order valence-corrected chi connectivity index (χ4v) is 7.11. The van der Waals surface area contributed by atoms with Gasteiger partial charge in [0.25, 0.3) is 5.91 Å². The molecule has 0 radical (unpaired) electrons. The predicted molar refractivity (Wildman–Crippen MR) is 180 cm³/mol. The number of Topliss-reactive ketones (excluding diaryl/α,β-unsaturated/α-hetero) is 1. The van der Waals surface area contributed by atoms with Crippen molar-refractivity contribution in [3.63, 3.8) is 0 Å². The van der Waals surface area contributed by atoms with Gasteiger partial charge in [0.1, 0.15) is 6.04 Å². The Balaban J connectivity index is 1.29. The van der Waals surface area contributed by atoms with Crippen LogP contribution < -0.4 is 21.1 Å². The van der Waals surface area contributed by atoms with Crippen LogP contribution in [0.4, 0.5) is 0 Å². The Labute approximate surface area is 279 Å². The van der Waals surface area contributed by atoms with E-state index >= 15 is 0 Å². The first kappa shape index (κ1) is 34.5. The number of nitrogens with two attached hydrogens (primary N) is 1. The maximum Gasteiger partial charge on any atom is 0.292 e. The molecule has 0 unspecified atom stereocenters. The minimum Gasteiger partial charge on any atom is -0.370 e. The van der Waals surface area contributed by atoms with E-state index in [4.69, 9.17) is 11.1 Å². The molecule has 3 aromatic rings. The van der Waals surface area contributed by atoms with Gasteiger partial charge in [-0.2, -0.15) is 4.72 Å². The zero-order valence-corrected chi connectivity index (χ0v) is 27.4. The second-order valence-corrected chi connectivity index (χ2v) is 14.0. The molecule has 1 heterocycles. The van der Waals surface area contributed by atoms with E-state index in [1.54, 1.807) is 41.3 Å². The van der Waals surface area contributed by atoms with Crippen LogP contribution in [0.1, 0.15) is 42.5 Å². The smallest absolute Gasteiger partial charge is 0.292 e. The lowest BCUT2D eigenvalue weighted by molar-refractivity contribution is -0.136. The number of nitrogens with zero attached hydrogens (tertiary/aromatic N) is 2. The Kier molecular flexibility index (Phi) is 11.1. The molecule has 2 aliphatic rings. The molecular weight excluding hydrogens is 634 g/mol. The van der Waals surface area contributed by atoms with Gasteiger partial charge in [0, 0.05) is 44.3 Å². The molecule has 3 amide bonds. The van der Waals surface area contributed by atoms with Crippen molar-refractivity contribution in [3.05, 3.63) is 78.4 Å². The summed E-state index contributed by atoms with van der Waals surface area (Å²) in [6, 6.07) is 18.4. The van der Waals surface area contributed by atoms with E-state index < -0.39 is 46.0 Å². The van der Waals surface area contributed by atoms with E-state index in [1.165, 1.54) is 29.2 Å². The molecule has 1 saturated carbocycles. The van der Waals surface area contributed by atoms with Crippen molar-refractivity contribution in [3.8, 4) is 0 Å². The fourth-order valence-electron chi connectivity index (χ4n) is 5.89. The second kappa shape index (κ2) is 15.4. The summed E-state index contributed by atoms with van der Waals surface area (Å²) in [5.41, 5.74) is 5.88. The van der Waals surface area contributed by atoms with Crippen molar-refractivity contribution in [1.29, 1.82) is 5.41 Å². The van der Waals surface area contributed by atoms with Gasteiger partial charge >= 0.3 is 0 Å². The lowest BCUT2D eigenvalue weighted by atomic mass is 9.98. The summed E-state index contributed by atoms with van der Waals surface area (Å²) in [6.45, 7) is 1.46. The molecule has 1 aliphatic heterocycles. The predicted octanol–water partition coefficient (Wildman–Crippen LogP) is 1.59. The van der Waals surface area contributed by atoms with Gasteiger partial charge in [-0.05, 0) is 54.5 Å². The van der Waals surface area contributed by atoms with Gasteiger partial charge < -0.3 is 26.2 Å². The van der Waals surface area contributed by atoms with Crippen molar-refractivity contribution < 1.29 is 27.6 Å². The Hall–Kier alpha value is -4.82. The Bertz CT molecular complexity index is 1780. The number of sulfonamides is 1. The van der Waals surface area contributed by atoms with Gasteiger partial charge in [-0.3, -0.25) is 24.6 Å². The van der Waals surface area contributed by atoms with Gasteiger partial charge in [-0.15, -0.1) is 0 Å². The fraction of sp³-hybridized carbons (Fsp3) is 0.382. The molecule has 48 heavy (non-hydrogen) atoms. The summed E-state index contributed by atoms with van der Waals surface area (Å²) in [7, 11) is -4.24. The molecule has 2 fully saturated rings. The van der Waals surface area contributed by atoms with Crippen LogP contribution in [0.5, 0.6) is 0 Å². The first-order valence-corrected chi connectivity index (χ1v) is 17.5. The van der Waals surface area contributed by atoms with Crippen LogP contribution in [0.2, 0.25) is 0 Å². The number of carbonyl (C=O) groups is 4. The first-order valence-electron chi connectivity index (χ1n) is 16.1. The minimum atomic E-state index is -4.24. The highest BCUT2D eigenvalue weighted by Gasteiger charge is 2.38. The second-order valence-electron chi connectivity index (χ2n) is 12.2. The molecule has 6 N–H and O–H groups in total. The van der Waals surface area contributed by atoms with Crippen LogP contribution in [0, 0.1) is 11.3 Å². The SMILES string of the molecule is N=C(N)N1CCC[C@@H](CNC(=O)C[C@H](NS(=O)(=O)c2ccc3ccccc3c2)C(=O)N(CCNC(=O)C(=O)c2ccccc2)C2CC2)C1. The molecule has 1 saturated heterocycles. The summed E-state index contributed by atoms with van der Waals surface area (Å²) in [4.78, 5) is 55.5. The normalized spacial score (nSPS) is 16.9. The van der Waals surface area contributed by atoms with Gasteiger partial charge in [-0.1, -0.05) is 60.7 Å². The maximum absolute atomic E-state index is 14.0. The Morgan fingerprint density at radius 2 is 1.65 bits per heavy atom. The Morgan fingerprint density at radius 1 is 0.938 bits per heavy atom. The number of fused-ring (bicyclic) bond motifs is 1. The number of benzene rings is 3. The van der Waals surface area contributed by atoms with Crippen molar-refractivity contribution in [1.82, 2.24) is 25.2 Å². The van der Waals surface area contributed by atoms with Crippen molar-refractivity contribution in [2.45, 2.75) is 49.1 Å². The average molecular weight is 676 g/mol. The number of ketones is 1. The monoisotopic (exact) mass is 675 g/mol. The number of nitrogens with one attached hydrogen (secondary N) is 4. The first-order chi connectivity index (χ1) is 23.0. The summed E-state index contributed by atoms with van der Waals surface area (Å²) in [5, 5.41) is 14.7. The van der Waals surface area contributed by atoms with Gasteiger partial charge in [0.15, 0.2) is 5.96 Å². The number of guanidine groups is 1. The molecule has 2 atom stereocenters. The molecule has 0 aromatic heterocycles. The summed E-state index contributed by atoms with van der Waals surface area (Å²) in [6.07, 6.45) is 2.57. The number of hydrogen-bond donors (Lipinski definition) is 5. The molecule has 1 aliphatic carbocycles. The molecule has 0 bridgehead atoms. The summed E-state index contributed by atoms with van der Waals surface area (Å²) >= 11 is 0. The largest absolute Gasteiger partial charge is 0.370 e. The molecule has 13 nitrogen and oxygen atoms in total. The highest BCUT2D eigenvalue weighted by Crippen LogP contribution is 2.28. The van der Waals surface area contributed by atoms with Crippen molar-refractivity contribution >= 4 is 50.3 Å². The van der Waals surface area contributed by atoms with E-state index in [0.717, 1.165) is 18.2 Å². The zero-order chi connectivity index (χ0) is 34.3.